The summed E-state index contributed by atoms with van der Waals surface area (Å²) in [7, 11) is 0. The lowest BCUT2D eigenvalue weighted by Gasteiger charge is -2.11. The van der Waals surface area contributed by atoms with Crippen LogP contribution in [0.1, 0.15) is 54.5 Å². The molecule has 6 nitrogen and oxygen atoms in total. The van der Waals surface area contributed by atoms with Gasteiger partial charge in [-0.05, 0) is 37.1 Å². The summed E-state index contributed by atoms with van der Waals surface area (Å²) in [6.45, 7) is 5.95. The van der Waals surface area contributed by atoms with Crippen molar-refractivity contribution in [2.75, 3.05) is 0 Å². The molecular formula is C17H20N4O2. The Morgan fingerprint density at radius 3 is 2.83 bits per heavy atom. The predicted octanol–water partition coefficient (Wildman–Crippen LogP) is 2.94. The van der Waals surface area contributed by atoms with E-state index in [0.717, 1.165) is 29.8 Å². The summed E-state index contributed by atoms with van der Waals surface area (Å²) < 4.78 is 7.53. The van der Waals surface area contributed by atoms with E-state index in [1.165, 1.54) is 0 Å². The van der Waals surface area contributed by atoms with E-state index >= 15 is 0 Å². The lowest BCUT2D eigenvalue weighted by atomic mass is 10.1. The molecule has 0 fully saturated rings. The van der Waals surface area contributed by atoms with E-state index in [1.54, 1.807) is 0 Å². The number of hydrogen-bond acceptors (Lipinski definition) is 4. The van der Waals surface area contributed by atoms with Crippen molar-refractivity contribution in [2.45, 2.75) is 39.7 Å². The number of rotatable bonds is 5. The maximum Gasteiger partial charge on any atom is 0.287 e. The lowest BCUT2D eigenvalue weighted by molar-refractivity contribution is 0.0908. The van der Waals surface area contributed by atoms with E-state index < -0.39 is 0 Å². The summed E-state index contributed by atoms with van der Waals surface area (Å²) in [4.78, 5) is 12.4. The second-order valence-electron chi connectivity index (χ2n) is 5.45. The molecule has 1 N–H and O–H groups in total. The van der Waals surface area contributed by atoms with Gasteiger partial charge in [0.1, 0.15) is 5.76 Å². The Balaban J connectivity index is 1.81. The van der Waals surface area contributed by atoms with Gasteiger partial charge in [-0.1, -0.05) is 19.9 Å². The SMILES string of the molecule is CCc1cc(C(=O)NC(C)c2nnc3ccccn23)oc1CC. The number of aryl methyl sites for hydroxylation is 2. The number of hydrogen-bond donors (Lipinski definition) is 1. The number of fused-ring (bicyclic) bond motifs is 1. The molecule has 0 saturated carbocycles. The van der Waals surface area contributed by atoms with Crippen molar-refractivity contribution in [2.24, 2.45) is 0 Å². The summed E-state index contributed by atoms with van der Waals surface area (Å²) in [5, 5.41) is 11.2. The fraction of sp³-hybridized carbons (Fsp3) is 0.353. The fourth-order valence-electron chi connectivity index (χ4n) is 2.66. The van der Waals surface area contributed by atoms with E-state index in [1.807, 2.05) is 48.7 Å². The number of pyridine rings is 1. The average Bonchev–Trinajstić information content (AvgIpc) is 3.18. The van der Waals surface area contributed by atoms with Gasteiger partial charge < -0.3 is 9.73 Å². The highest BCUT2D eigenvalue weighted by Crippen LogP contribution is 2.18. The molecule has 120 valence electrons. The first-order valence-corrected chi connectivity index (χ1v) is 7.86. The number of amides is 1. The number of nitrogens with zero attached hydrogens (tertiary/aromatic N) is 3. The topological polar surface area (TPSA) is 72.4 Å². The van der Waals surface area contributed by atoms with Crippen molar-refractivity contribution in [3.05, 3.63) is 53.4 Å². The Kier molecular flexibility index (Phi) is 4.14. The van der Waals surface area contributed by atoms with Gasteiger partial charge in [0.05, 0.1) is 6.04 Å². The molecule has 3 rings (SSSR count). The number of furan rings is 1. The van der Waals surface area contributed by atoms with Crippen molar-refractivity contribution in [1.29, 1.82) is 0 Å². The van der Waals surface area contributed by atoms with E-state index in [2.05, 4.69) is 22.4 Å². The van der Waals surface area contributed by atoms with E-state index in [0.29, 0.717) is 11.6 Å². The van der Waals surface area contributed by atoms with Crippen molar-refractivity contribution in [3.63, 3.8) is 0 Å². The molecule has 0 aliphatic carbocycles. The maximum atomic E-state index is 12.4. The summed E-state index contributed by atoms with van der Waals surface area (Å²) in [5.74, 6) is 1.67. The van der Waals surface area contributed by atoms with Gasteiger partial charge in [0.15, 0.2) is 17.2 Å². The molecule has 0 bridgehead atoms. The quantitative estimate of drug-likeness (QED) is 0.786. The molecule has 0 saturated heterocycles. The molecular weight excluding hydrogens is 292 g/mol. The van der Waals surface area contributed by atoms with Crippen LogP contribution in [0.15, 0.2) is 34.9 Å². The van der Waals surface area contributed by atoms with E-state index in [-0.39, 0.29) is 11.9 Å². The molecule has 1 amide bonds. The number of carbonyl (C=O) groups excluding carboxylic acids is 1. The average molecular weight is 312 g/mol. The molecule has 0 spiro atoms. The largest absolute Gasteiger partial charge is 0.456 e. The normalized spacial score (nSPS) is 12.5. The monoisotopic (exact) mass is 312 g/mol. The molecule has 6 heteroatoms. The highest BCUT2D eigenvalue weighted by Gasteiger charge is 2.20. The summed E-state index contributed by atoms with van der Waals surface area (Å²) in [6.07, 6.45) is 3.51. The third-order valence-electron chi connectivity index (χ3n) is 3.90. The molecule has 1 atom stereocenters. The standard InChI is InChI=1S/C17H20N4O2/c1-4-12-10-14(23-13(12)5-2)17(22)18-11(3)16-20-19-15-8-6-7-9-21(15)16/h6-11H,4-5H2,1-3H3,(H,18,22). The van der Waals surface area contributed by atoms with Crippen LogP contribution in [0.3, 0.4) is 0 Å². The highest BCUT2D eigenvalue weighted by atomic mass is 16.4. The minimum atomic E-state index is -0.278. The molecule has 1 unspecified atom stereocenters. The van der Waals surface area contributed by atoms with Gasteiger partial charge in [-0.3, -0.25) is 9.20 Å². The molecule has 0 aliphatic heterocycles. The number of nitrogens with one attached hydrogen (secondary N) is 1. The fourth-order valence-corrected chi connectivity index (χ4v) is 2.66. The van der Waals surface area contributed by atoms with Crippen molar-refractivity contribution < 1.29 is 9.21 Å². The minimum absolute atomic E-state index is 0.236. The molecule has 23 heavy (non-hydrogen) atoms. The van der Waals surface area contributed by atoms with Gasteiger partial charge in [0.25, 0.3) is 5.91 Å². The maximum absolute atomic E-state index is 12.4. The first-order valence-electron chi connectivity index (χ1n) is 7.86. The third kappa shape index (κ3) is 2.84. The molecule has 3 heterocycles. The summed E-state index contributed by atoms with van der Waals surface area (Å²) >= 11 is 0. The zero-order valence-corrected chi connectivity index (χ0v) is 13.5. The van der Waals surface area contributed by atoms with Gasteiger partial charge in [-0.25, -0.2) is 0 Å². The Hall–Kier alpha value is -2.63. The van der Waals surface area contributed by atoms with Gasteiger partial charge in [0.2, 0.25) is 0 Å². The van der Waals surface area contributed by atoms with Gasteiger partial charge in [-0.2, -0.15) is 0 Å². The van der Waals surface area contributed by atoms with Gasteiger partial charge in [0, 0.05) is 12.6 Å². The third-order valence-corrected chi connectivity index (χ3v) is 3.90. The smallest absolute Gasteiger partial charge is 0.287 e. The van der Waals surface area contributed by atoms with Gasteiger partial charge >= 0.3 is 0 Å². The minimum Gasteiger partial charge on any atom is -0.456 e. The van der Waals surface area contributed by atoms with Crippen LogP contribution in [0.25, 0.3) is 5.65 Å². The Morgan fingerprint density at radius 1 is 1.30 bits per heavy atom. The van der Waals surface area contributed by atoms with Crippen LogP contribution in [0.2, 0.25) is 0 Å². The van der Waals surface area contributed by atoms with Crippen molar-refractivity contribution in [1.82, 2.24) is 19.9 Å². The number of aromatic nitrogens is 3. The highest BCUT2D eigenvalue weighted by molar-refractivity contribution is 5.92. The predicted molar refractivity (Wildman–Crippen MR) is 86.3 cm³/mol. The molecule has 0 radical (unpaired) electrons. The van der Waals surface area contributed by atoms with Gasteiger partial charge in [-0.15, -0.1) is 10.2 Å². The Labute approximate surface area is 134 Å². The van der Waals surface area contributed by atoms with E-state index in [4.69, 9.17) is 4.42 Å². The van der Waals surface area contributed by atoms with Crippen LogP contribution in [-0.4, -0.2) is 20.5 Å². The van der Waals surface area contributed by atoms with Crippen LogP contribution in [0.5, 0.6) is 0 Å². The van der Waals surface area contributed by atoms with E-state index in [9.17, 15) is 4.79 Å². The molecule has 0 aromatic carbocycles. The first-order chi connectivity index (χ1) is 11.1. The second-order valence-corrected chi connectivity index (χ2v) is 5.45. The molecule has 3 aromatic heterocycles. The van der Waals surface area contributed by atoms with Crippen LogP contribution >= 0.6 is 0 Å². The van der Waals surface area contributed by atoms with Crippen LogP contribution < -0.4 is 5.32 Å². The van der Waals surface area contributed by atoms with Crippen LogP contribution in [0, 0.1) is 0 Å². The molecule has 3 aromatic rings. The van der Waals surface area contributed by atoms with Crippen LogP contribution in [-0.2, 0) is 12.8 Å². The van der Waals surface area contributed by atoms with Crippen molar-refractivity contribution in [3.8, 4) is 0 Å². The number of carbonyl (C=O) groups is 1. The zero-order chi connectivity index (χ0) is 16.4. The first kappa shape index (κ1) is 15.3. The summed E-state index contributed by atoms with van der Waals surface area (Å²) in [5.41, 5.74) is 1.83. The zero-order valence-electron chi connectivity index (χ0n) is 13.5. The summed E-state index contributed by atoms with van der Waals surface area (Å²) in [6, 6.07) is 7.22. The molecule has 0 aliphatic rings. The second kappa shape index (κ2) is 6.24. The van der Waals surface area contributed by atoms with Crippen LogP contribution in [0.4, 0.5) is 0 Å². The lowest BCUT2D eigenvalue weighted by Crippen LogP contribution is -2.27. The van der Waals surface area contributed by atoms with Crippen molar-refractivity contribution >= 4 is 11.6 Å². The Bertz CT molecular complexity index is 813. The Morgan fingerprint density at radius 2 is 2.13 bits per heavy atom.